The van der Waals surface area contributed by atoms with E-state index >= 15 is 0 Å². The van der Waals surface area contributed by atoms with Gasteiger partial charge in [-0.25, -0.2) is 4.79 Å². The van der Waals surface area contributed by atoms with Crippen molar-refractivity contribution in [3.63, 3.8) is 0 Å². The molecule has 6 heteroatoms. The first-order valence-electron chi connectivity index (χ1n) is 9.80. The molecule has 4 rings (SSSR count). The number of urea groups is 1. The Morgan fingerprint density at radius 1 is 0.828 bits per heavy atom. The third kappa shape index (κ3) is 5.04. The van der Waals surface area contributed by atoms with E-state index in [1.54, 1.807) is 0 Å². The van der Waals surface area contributed by atoms with Crippen LogP contribution in [0.15, 0.2) is 66.7 Å². The van der Waals surface area contributed by atoms with Gasteiger partial charge in [0.05, 0.1) is 0 Å². The van der Waals surface area contributed by atoms with Gasteiger partial charge in [-0.1, -0.05) is 30.3 Å². The van der Waals surface area contributed by atoms with Gasteiger partial charge in [0, 0.05) is 23.1 Å². The second-order valence-corrected chi connectivity index (χ2v) is 7.37. The van der Waals surface area contributed by atoms with Gasteiger partial charge in [0.25, 0.3) is 0 Å². The second-order valence-electron chi connectivity index (χ2n) is 7.37. The number of amides is 3. The number of benzene rings is 3. The van der Waals surface area contributed by atoms with E-state index in [2.05, 4.69) is 21.3 Å². The van der Waals surface area contributed by atoms with Crippen LogP contribution in [0.2, 0.25) is 0 Å². The summed E-state index contributed by atoms with van der Waals surface area (Å²) >= 11 is 0. The van der Waals surface area contributed by atoms with Crippen LogP contribution in [-0.4, -0.2) is 24.0 Å². The highest BCUT2D eigenvalue weighted by molar-refractivity contribution is 5.98. The first-order valence-corrected chi connectivity index (χ1v) is 9.80. The van der Waals surface area contributed by atoms with E-state index in [-0.39, 0.29) is 11.9 Å². The highest BCUT2D eigenvalue weighted by Gasteiger charge is 2.23. The summed E-state index contributed by atoms with van der Waals surface area (Å²) in [5.41, 5.74) is 2.28. The number of carbonyl (C=O) groups excluding carboxylic acids is 2. The quantitative estimate of drug-likeness (QED) is 0.499. The number of rotatable bonds is 6. The van der Waals surface area contributed by atoms with Crippen molar-refractivity contribution in [2.24, 2.45) is 0 Å². The van der Waals surface area contributed by atoms with Crippen LogP contribution in [0.25, 0.3) is 10.8 Å². The predicted octanol–water partition coefficient (Wildman–Crippen LogP) is 4.56. The molecule has 3 aromatic rings. The summed E-state index contributed by atoms with van der Waals surface area (Å²) in [6, 6.07) is 20.9. The van der Waals surface area contributed by atoms with Gasteiger partial charge >= 0.3 is 6.03 Å². The van der Waals surface area contributed by atoms with Crippen LogP contribution >= 0.6 is 0 Å². The maximum absolute atomic E-state index is 12.5. The second kappa shape index (κ2) is 8.22. The fourth-order valence-electron chi connectivity index (χ4n) is 3.06. The van der Waals surface area contributed by atoms with Crippen LogP contribution in [0.1, 0.15) is 19.8 Å². The Hall–Kier alpha value is -3.54. The summed E-state index contributed by atoms with van der Waals surface area (Å²) in [7, 11) is 0. The molecule has 0 radical (unpaired) electrons. The van der Waals surface area contributed by atoms with Crippen LogP contribution in [-0.2, 0) is 4.79 Å². The Morgan fingerprint density at radius 2 is 1.48 bits per heavy atom. The summed E-state index contributed by atoms with van der Waals surface area (Å²) in [6.45, 7) is 1.81. The van der Waals surface area contributed by atoms with Crippen molar-refractivity contribution < 1.29 is 9.59 Å². The normalized spacial score (nSPS) is 14.1. The Balaban J connectivity index is 1.32. The van der Waals surface area contributed by atoms with Crippen molar-refractivity contribution in [2.75, 3.05) is 16.0 Å². The average Bonchev–Trinajstić information content (AvgIpc) is 3.53. The zero-order valence-electron chi connectivity index (χ0n) is 16.2. The highest BCUT2D eigenvalue weighted by Crippen LogP contribution is 2.21. The molecule has 1 atom stereocenters. The number of anilines is 3. The van der Waals surface area contributed by atoms with E-state index in [1.807, 2.05) is 73.7 Å². The van der Waals surface area contributed by atoms with Crippen LogP contribution in [0, 0.1) is 0 Å². The molecular weight excluding hydrogens is 364 g/mol. The molecule has 1 fully saturated rings. The lowest BCUT2D eigenvalue weighted by molar-refractivity contribution is -0.116. The van der Waals surface area contributed by atoms with Crippen molar-refractivity contribution in [2.45, 2.75) is 31.8 Å². The Morgan fingerprint density at radius 3 is 2.21 bits per heavy atom. The maximum atomic E-state index is 12.5. The lowest BCUT2D eigenvalue weighted by Gasteiger charge is -2.16. The molecule has 0 spiro atoms. The van der Waals surface area contributed by atoms with Gasteiger partial charge in [-0.2, -0.15) is 0 Å². The molecule has 4 N–H and O–H groups in total. The minimum atomic E-state index is -0.418. The van der Waals surface area contributed by atoms with Crippen LogP contribution in [0.5, 0.6) is 0 Å². The Labute approximate surface area is 169 Å². The first kappa shape index (κ1) is 18.8. The molecule has 0 bridgehead atoms. The molecular formula is C23H24N4O2. The average molecular weight is 388 g/mol. The van der Waals surface area contributed by atoms with Gasteiger partial charge in [-0.15, -0.1) is 0 Å². The third-order valence-electron chi connectivity index (χ3n) is 4.85. The zero-order chi connectivity index (χ0) is 20.2. The molecule has 1 aliphatic rings. The minimum Gasteiger partial charge on any atom is -0.374 e. The van der Waals surface area contributed by atoms with Crippen molar-refractivity contribution >= 4 is 39.8 Å². The van der Waals surface area contributed by atoms with Crippen molar-refractivity contribution in [3.05, 3.63) is 66.7 Å². The molecule has 148 valence electrons. The van der Waals surface area contributed by atoms with E-state index in [0.717, 1.165) is 35.0 Å². The monoisotopic (exact) mass is 388 g/mol. The number of carbonyl (C=O) groups is 2. The van der Waals surface area contributed by atoms with Gasteiger partial charge in [-0.3, -0.25) is 4.79 Å². The summed E-state index contributed by atoms with van der Waals surface area (Å²) in [4.78, 5) is 24.3. The molecule has 0 aliphatic heterocycles. The molecule has 1 aliphatic carbocycles. The Kier molecular flexibility index (Phi) is 5.33. The molecule has 0 heterocycles. The van der Waals surface area contributed by atoms with Gasteiger partial charge in [0.2, 0.25) is 5.91 Å². The molecule has 29 heavy (non-hydrogen) atoms. The lowest BCUT2D eigenvalue weighted by Crippen LogP contribution is -2.32. The number of nitrogens with one attached hydrogen (secondary N) is 4. The van der Waals surface area contributed by atoms with E-state index < -0.39 is 6.04 Å². The molecule has 1 saturated carbocycles. The predicted molar refractivity (Wildman–Crippen MR) is 117 cm³/mol. The number of fused-ring (bicyclic) bond motifs is 1. The maximum Gasteiger partial charge on any atom is 0.319 e. The van der Waals surface area contributed by atoms with Gasteiger partial charge < -0.3 is 21.3 Å². The Bertz CT molecular complexity index is 1030. The molecule has 0 aromatic heterocycles. The van der Waals surface area contributed by atoms with Crippen LogP contribution < -0.4 is 21.3 Å². The third-order valence-corrected chi connectivity index (χ3v) is 4.85. The highest BCUT2D eigenvalue weighted by atomic mass is 16.2. The fourth-order valence-corrected chi connectivity index (χ4v) is 3.06. The molecule has 3 aromatic carbocycles. The molecule has 3 amide bonds. The van der Waals surface area contributed by atoms with Crippen LogP contribution in [0.4, 0.5) is 21.9 Å². The molecule has 1 unspecified atom stereocenters. The summed E-state index contributed by atoms with van der Waals surface area (Å²) in [5, 5.41) is 14.0. The molecule has 6 nitrogen and oxygen atoms in total. The lowest BCUT2D eigenvalue weighted by atomic mass is 10.1. The van der Waals surface area contributed by atoms with Crippen molar-refractivity contribution in [1.29, 1.82) is 0 Å². The molecule has 0 saturated heterocycles. The summed E-state index contributed by atoms with van der Waals surface area (Å²) in [6.07, 6.45) is 2.10. The van der Waals surface area contributed by atoms with Crippen LogP contribution in [0.3, 0.4) is 0 Å². The topological polar surface area (TPSA) is 82.3 Å². The first-order chi connectivity index (χ1) is 14.1. The van der Waals surface area contributed by atoms with E-state index in [9.17, 15) is 9.59 Å². The number of hydrogen-bond donors (Lipinski definition) is 4. The summed E-state index contributed by atoms with van der Waals surface area (Å²) < 4.78 is 0. The zero-order valence-corrected chi connectivity index (χ0v) is 16.2. The standard InChI is InChI=1S/C23H24N4O2/c1-15(22(28)25-21-7-6-16-4-2-3-5-17(16)14-21)24-18-8-10-19(11-9-18)26-23(29)27-20-12-13-20/h2-11,14-15,20,24H,12-13H2,1H3,(H,25,28)(H2,26,27,29). The minimum absolute atomic E-state index is 0.119. The summed E-state index contributed by atoms with van der Waals surface area (Å²) in [5.74, 6) is -0.119. The largest absolute Gasteiger partial charge is 0.374 e. The van der Waals surface area contributed by atoms with E-state index in [0.29, 0.717) is 11.7 Å². The van der Waals surface area contributed by atoms with E-state index in [4.69, 9.17) is 0 Å². The smallest absolute Gasteiger partial charge is 0.319 e. The van der Waals surface area contributed by atoms with E-state index in [1.165, 1.54) is 0 Å². The number of hydrogen-bond acceptors (Lipinski definition) is 3. The fraction of sp³-hybridized carbons (Fsp3) is 0.217. The van der Waals surface area contributed by atoms with Crippen molar-refractivity contribution in [1.82, 2.24) is 5.32 Å². The van der Waals surface area contributed by atoms with Gasteiger partial charge in [-0.05, 0) is 66.9 Å². The van der Waals surface area contributed by atoms with Crippen molar-refractivity contribution in [3.8, 4) is 0 Å². The SMILES string of the molecule is CC(Nc1ccc(NC(=O)NC2CC2)cc1)C(=O)Nc1ccc2ccccc2c1. The van der Waals surface area contributed by atoms with Gasteiger partial charge in [0.15, 0.2) is 0 Å². The van der Waals surface area contributed by atoms with Gasteiger partial charge in [0.1, 0.15) is 6.04 Å².